The van der Waals surface area contributed by atoms with Crippen molar-refractivity contribution in [3.63, 3.8) is 0 Å². The van der Waals surface area contributed by atoms with Crippen molar-refractivity contribution in [2.24, 2.45) is 0 Å². The van der Waals surface area contributed by atoms with E-state index in [-0.39, 0.29) is 17.3 Å². The number of rotatable bonds is 9. The van der Waals surface area contributed by atoms with Gasteiger partial charge in [-0.25, -0.2) is 8.42 Å². The van der Waals surface area contributed by atoms with E-state index >= 15 is 0 Å². The van der Waals surface area contributed by atoms with Gasteiger partial charge < -0.3 is 10.2 Å². The van der Waals surface area contributed by atoms with Crippen molar-refractivity contribution in [3.05, 3.63) is 59.1 Å². The average molecular weight is 425 g/mol. The van der Waals surface area contributed by atoms with Crippen molar-refractivity contribution in [3.8, 4) is 0 Å². The first kappa shape index (κ1) is 22.4. The monoisotopic (exact) mass is 424 g/mol. The maximum Gasteiger partial charge on any atom is 0.279 e. The van der Waals surface area contributed by atoms with Gasteiger partial charge in [0.1, 0.15) is 6.54 Å². The second kappa shape index (κ2) is 10.0. The van der Waals surface area contributed by atoms with Crippen LogP contribution < -0.4 is 10.2 Å². The topological polar surface area (TPSA) is 70.9 Å². The second-order valence-electron chi connectivity index (χ2n) is 6.60. The van der Waals surface area contributed by atoms with Crippen LogP contribution in [0.15, 0.2) is 53.4 Å². The van der Waals surface area contributed by atoms with Gasteiger partial charge in [0.05, 0.1) is 11.9 Å². The van der Waals surface area contributed by atoms with Crippen LogP contribution in [-0.2, 0) is 21.4 Å². The van der Waals surface area contributed by atoms with Gasteiger partial charge in [0.25, 0.3) is 5.91 Å². The molecule has 1 unspecified atom stereocenters. The fraction of sp³-hybridized carbons (Fsp3) is 0.350. The second-order valence-corrected chi connectivity index (χ2v) is 8.98. The minimum Gasteiger partial charge on any atom is -0.326 e. The number of anilines is 1. The highest BCUT2D eigenvalue weighted by atomic mass is 35.5. The van der Waals surface area contributed by atoms with Crippen molar-refractivity contribution in [2.45, 2.75) is 25.3 Å². The Kier molecular flexibility index (Phi) is 8.00. The van der Waals surface area contributed by atoms with E-state index in [1.165, 1.54) is 16.4 Å². The molecule has 152 valence electrons. The normalized spacial score (nSPS) is 12.8. The third-order valence-electron chi connectivity index (χ3n) is 4.34. The van der Waals surface area contributed by atoms with Crippen LogP contribution in [0, 0.1) is 0 Å². The van der Waals surface area contributed by atoms with E-state index in [4.69, 9.17) is 11.6 Å². The molecule has 0 aromatic heterocycles. The average Bonchev–Trinajstić information content (AvgIpc) is 2.62. The van der Waals surface area contributed by atoms with E-state index in [1.54, 1.807) is 26.0 Å². The molecule has 6 nitrogen and oxygen atoms in total. The summed E-state index contributed by atoms with van der Waals surface area (Å²) in [6.07, 6.45) is 0. The highest BCUT2D eigenvalue weighted by Gasteiger charge is 2.21. The summed E-state index contributed by atoms with van der Waals surface area (Å²) in [7, 11) is -1.57. The van der Waals surface area contributed by atoms with Gasteiger partial charge in [-0.1, -0.05) is 37.6 Å². The number of carbonyl (C=O) groups excluding carboxylic acids is 1. The summed E-state index contributed by atoms with van der Waals surface area (Å²) in [5, 5.41) is 3.49. The van der Waals surface area contributed by atoms with Gasteiger partial charge in [0.2, 0.25) is 10.0 Å². The van der Waals surface area contributed by atoms with Gasteiger partial charge in [0, 0.05) is 29.4 Å². The molecule has 2 rings (SSSR count). The highest BCUT2D eigenvalue weighted by Crippen LogP contribution is 2.18. The number of carbonyl (C=O) groups is 1. The Bertz CT molecular complexity index is 897. The number of benzene rings is 2. The molecule has 0 fully saturated rings. The van der Waals surface area contributed by atoms with E-state index in [0.29, 0.717) is 30.3 Å². The van der Waals surface area contributed by atoms with E-state index in [1.807, 2.05) is 31.3 Å². The number of hydrogen-bond donors (Lipinski definition) is 2. The molecule has 28 heavy (non-hydrogen) atoms. The molecule has 8 heteroatoms. The smallest absolute Gasteiger partial charge is 0.279 e. The number of nitrogens with one attached hydrogen (secondary N) is 2. The highest BCUT2D eigenvalue weighted by molar-refractivity contribution is 7.89. The molecular weight excluding hydrogens is 398 g/mol. The lowest BCUT2D eigenvalue weighted by molar-refractivity contribution is -0.885. The Balaban J connectivity index is 1.95. The zero-order valence-electron chi connectivity index (χ0n) is 16.4. The Morgan fingerprint density at radius 2 is 1.75 bits per heavy atom. The molecule has 2 aromatic rings. The van der Waals surface area contributed by atoms with Gasteiger partial charge in [0.15, 0.2) is 6.54 Å². The van der Waals surface area contributed by atoms with Crippen molar-refractivity contribution in [1.82, 2.24) is 4.31 Å². The fourth-order valence-corrected chi connectivity index (χ4v) is 4.63. The minimum atomic E-state index is -3.50. The lowest BCUT2D eigenvalue weighted by Gasteiger charge is -2.18. The van der Waals surface area contributed by atoms with Crippen molar-refractivity contribution in [1.29, 1.82) is 0 Å². The zero-order chi connectivity index (χ0) is 20.7. The molecule has 2 aromatic carbocycles. The molecule has 0 radical (unpaired) electrons. The van der Waals surface area contributed by atoms with Gasteiger partial charge in [-0.15, -0.1) is 0 Å². The van der Waals surface area contributed by atoms with Crippen LogP contribution in [0.2, 0.25) is 5.02 Å². The van der Waals surface area contributed by atoms with Crippen molar-refractivity contribution in [2.75, 3.05) is 32.0 Å². The Hall–Kier alpha value is -1.93. The van der Waals surface area contributed by atoms with Gasteiger partial charge >= 0.3 is 0 Å². The Morgan fingerprint density at radius 3 is 2.32 bits per heavy atom. The van der Waals surface area contributed by atoms with Crippen LogP contribution in [0.3, 0.4) is 0 Å². The number of halogens is 1. The Labute approximate surface area is 172 Å². The number of hydrogen-bond acceptors (Lipinski definition) is 3. The summed E-state index contributed by atoms with van der Waals surface area (Å²) >= 11 is 5.99. The third kappa shape index (κ3) is 6.04. The molecule has 0 aliphatic rings. The van der Waals surface area contributed by atoms with E-state index < -0.39 is 10.0 Å². The first-order valence-corrected chi connectivity index (χ1v) is 11.0. The summed E-state index contributed by atoms with van der Waals surface area (Å²) in [4.78, 5) is 13.5. The van der Waals surface area contributed by atoms with Crippen LogP contribution in [0.25, 0.3) is 0 Å². The van der Waals surface area contributed by atoms with Crippen molar-refractivity contribution < 1.29 is 18.1 Å². The van der Waals surface area contributed by atoms with Crippen LogP contribution in [0.1, 0.15) is 19.4 Å². The first-order chi connectivity index (χ1) is 13.3. The van der Waals surface area contributed by atoms with Gasteiger partial charge in [-0.05, 0) is 36.4 Å². The van der Waals surface area contributed by atoms with E-state index in [0.717, 1.165) is 10.5 Å². The molecule has 1 atom stereocenters. The van der Waals surface area contributed by atoms with Crippen LogP contribution in [0.5, 0.6) is 0 Å². The van der Waals surface area contributed by atoms with E-state index in [2.05, 4.69) is 5.32 Å². The lowest BCUT2D eigenvalue weighted by atomic mass is 10.2. The largest absolute Gasteiger partial charge is 0.326 e. The summed E-state index contributed by atoms with van der Waals surface area (Å²) in [6, 6.07) is 13.8. The Morgan fingerprint density at radius 1 is 1.11 bits per heavy atom. The fourth-order valence-electron chi connectivity index (χ4n) is 2.96. The minimum absolute atomic E-state index is 0.140. The number of sulfonamides is 1. The van der Waals surface area contributed by atoms with Crippen LogP contribution in [-0.4, -0.2) is 45.3 Å². The summed E-state index contributed by atoms with van der Waals surface area (Å²) < 4.78 is 26.4. The summed E-state index contributed by atoms with van der Waals surface area (Å²) in [5.41, 5.74) is 1.63. The molecular formula is C20H27ClN3O3S+. The molecule has 2 N–H and O–H groups in total. The third-order valence-corrected chi connectivity index (χ3v) is 6.64. The predicted octanol–water partition coefficient (Wildman–Crippen LogP) is 2.02. The molecule has 0 aliphatic carbocycles. The number of likely N-dealkylation sites (N-methyl/N-ethyl adjacent to an activating group) is 1. The molecule has 0 aliphatic heterocycles. The lowest BCUT2D eigenvalue weighted by Crippen LogP contribution is -3.08. The molecule has 0 saturated heterocycles. The molecule has 0 spiro atoms. The molecule has 0 heterocycles. The zero-order valence-corrected chi connectivity index (χ0v) is 18.0. The number of nitrogens with zero attached hydrogens (tertiary/aromatic N) is 1. The van der Waals surface area contributed by atoms with Gasteiger partial charge in [-0.3, -0.25) is 4.79 Å². The SMILES string of the molecule is CCN(CC)S(=O)(=O)c1ccc(NC(=O)C[NH+](C)Cc2cccc(Cl)c2)cc1. The standard InChI is InChI=1S/C20H26ClN3O3S/c1-4-24(5-2)28(26,27)19-11-9-18(10-12-19)22-20(25)15-23(3)14-16-7-6-8-17(21)13-16/h6-13H,4-5,14-15H2,1-3H3,(H,22,25)/p+1. The molecule has 0 saturated carbocycles. The first-order valence-electron chi connectivity index (χ1n) is 9.22. The predicted molar refractivity (Wildman–Crippen MR) is 112 cm³/mol. The van der Waals surface area contributed by atoms with Gasteiger partial charge in [-0.2, -0.15) is 4.31 Å². The van der Waals surface area contributed by atoms with E-state index in [9.17, 15) is 13.2 Å². The van der Waals surface area contributed by atoms with Crippen LogP contribution >= 0.6 is 11.6 Å². The molecule has 0 bridgehead atoms. The number of amides is 1. The quantitative estimate of drug-likeness (QED) is 0.647. The summed E-state index contributed by atoms with van der Waals surface area (Å²) in [6.45, 7) is 5.40. The van der Waals surface area contributed by atoms with Crippen LogP contribution in [0.4, 0.5) is 5.69 Å². The maximum absolute atomic E-state index is 12.5. The maximum atomic E-state index is 12.5. The summed E-state index contributed by atoms with van der Waals surface area (Å²) in [5.74, 6) is -0.140. The molecule has 1 amide bonds. The van der Waals surface area contributed by atoms with Crippen molar-refractivity contribution >= 4 is 33.2 Å². The number of quaternary nitrogens is 1.